The van der Waals surface area contributed by atoms with Gasteiger partial charge in [-0.3, -0.25) is 4.79 Å². The number of rotatable bonds is 4. The lowest BCUT2D eigenvalue weighted by molar-refractivity contribution is -0.388. The van der Waals surface area contributed by atoms with E-state index in [0.29, 0.717) is 5.32 Å². The van der Waals surface area contributed by atoms with Gasteiger partial charge in [0.1, 0.15) is 0 Å². The van der Waals surface area contributed by atoms with Gasteiger partial charge >= 0.3 is 36.0 Å². The minimum Gasteiger partial charge on any atom is -0.396 e. The predicted molar refractivity (Wildman–Crippen MR) is 63.2 cm³/mol. The molecule has 0 aromatic carbocycles. The van der Waals surface area contributed by atoms with Crippen LogP contribution in [0.1, 0.15) is 5.56 Å². The van der Waals surface area contributed by atoms with Gasteiger partial charge in [-0.25, -0.2) is 4.98 Å². The van der Waals surface area contributed by atoms with Crippen molar-refractivity contribution >= 4 is 17.4 Å². The van der Waals surface area contributed by atoms with Gasteiger partial charge in [-0.05, 0) is 6.07 Å². The van der Waals surface area contributed by atoms with Gasteiger partial charge in [-0.15, -0.1) is 0 Å². The summed E-state index contributed by atoms with van der Waals surface area (Å²) in [6.07, 6.45) is -12.3. The number of pyridine rings is 1. The average molecular weight is 423 g/mol. The maximum Gasteiger partial charge on any atom is 0.460 e. The van der Waals surface area contributed by atoms with Crippen LogP contribution in [0.3, 0.4) is 0 Å². The third kappa shape index (κ3) is 3.83. The number of aromatic nitrogens is 1. The van der Waals surface area contributed by atoms with Crippen molar-refractivity contribution in [2.75, 3.05) is 11.1 Å². The summed E-state index contributed by atoms with van der Waals surface area (Å²) >= 11 is 0. The number of nitrogens with one attached hydrogen (secondary N) is 1. The van der Waals surface area contributed by atoms with Crippen LogP contribution in [0.15, 0.2) is 12.3 Å². The second-order valence-electron chi connectivity index (χ2n) is 4.83. The molecule has 1 heterocycles. The molecule has 0 saturated carbocycles. The second-order valence-corrected chi connectivity index (χ2v) is 4.83. The number of nitrogen functional groups attached to an aromatic ring is 1. The first-order chi connectivity index (χ1) is 11.8. The summed E-state index contributed by atoms with van der Waals surface area (Å²) in [5.74, 6) is -26.0. The third-order valence-corrected chi connectivity index (χ3v) is 2.91. The zero-order valence-corrected chi connectivity index (χ0v) is 12.1. The van der Waals surface area contributed by atoms with E-state index in [2.05, 4.69) is 4.98 Å². The largest absolute Gasteiger partial charge is 0.460 e. The Morgan fingerprint density at radius 1 is 0.889 bits per heavy atom. The van der Waals surface area contributed by atoms with Gasteiger partial charge in [0.25, 0.3) is 0 Å². The van der Waals surface area contributed by atoms with Gasteiger partial charge in [-0.1, -0.05) is 0 Å². The summed E-state index contributed by atoms with van der Waals surface area (Å²) in [4.78, 5) is 13.9. The molecule has 27 heavy (non-hydrogen) atoms. The Labute approximate surface area is 140 Å². The fourth-order valence-corrected chi connectivity index (χ4v) is 1.45. The molecule has 1 amide bonds. The molecule has 3 N–H and O–H groups in total. The van der Waals surface area contributed by atoms with Crippen molar-refractivity contribution in [3.63, 3.8) is 0 Å². The molecule has 1 rings (SSSR count). The van der Waals surface area contributed by atoms with Crippen LogP contribution < -0.4 is 11.1 Å². The van der Waals surface area contributed by atoms with Crippen molar-refractivity contribution in [2.45, 2.75) is 30.1 Å². The molecule has 0 bridgehead atoms. The van der Waals surface area contributed by atoms with Crippen LogP contribution in [-0.4, -0.2) is 34.8 Å². The lowest BCUT2D eigenvalue weighted by Crippen LogP contribution is -2.64. The molecule has 0 spiro atoms. The summed E-state index contributed by atoms with van der Waals surface area (Å²) in [5, 5.41) is 0.686. The molecular weight excluding hydrogens is 418 g/mol. The highest BCUT2D eigenvalue weighted by Gasteiger charge is 2.83. The first-order valence-corrected chi connectivity index (χ1v) is 6.11. The molecule has 0 unspecified atom stereocenters. The van der Waals surface area contributed by atoms with E-state index >= 15 is 0 Å². The van der Waals surface area contributed by atoms with Crippen LogP contribution in [-0.2, 0) is 11.0 Å². The smallest absolute Gasteiger partial charge is 0.396 e. The van der Waals surface area contributed by atoms with Crippen molar-refractivity contribution < 1.29 is 57.5 Å². The molecule has 0 aliphatic carbocycles. The van der Waals surface area contributed by atoms with Crippen molar-refractivity contribution in [3.8, 4) is 0 Å². The lowest BCUT2D eigenvalue weighted by atomic mass is 10.0. The number of halogens is 12. The Morgan fingerprint density at radius 3 is 1.74 bits per heavy atom. The van der Waals surface area contributed by atoms with E-state index in [1.165, 1.54) is 0 Å². The number of hydrogen-bond acceptors (Lipinski definition) is 3. The number of nitrogens with two attached hydrogens (primary N) is 1. The SMILES string of the molecule is Nc1cc(C(F)(F)F)cnc1NC(=O)C(F)(F)C(F)(F)C(F)(F)C(F)(F)F. The summed E-state index contributed by atoms with van der Waals surface area (Å²) < 4.78 is 151. The van der Waals surface area contributed by atoms with E-state index in [1.807, 2.05) is 0 Å². The first kappa shape index (κ1) is 22.6. The highest BCUT2D eigenvalue weighted by molar-refractivity contribution is 5.98. The van der Waals surface area contributed by atoms with E-state index < -0.39 is 53.1 Å². The maximum atomic E-state index is 13.3. The minimum atomic E-state index is -7.32. The molecule has 0 radical (unpaired) electrons. The highest BCUT2D eigenvalue weighted by atomic mass is 19.4. The van der Waals surface area contributed by atoms with Gasteiger partial charge < -0.3 is 11.1 Å². The first-order valence-electron chi connectivity index (χ1n) is 6.11. The highest BCUT2D eigenvalue weighted by Crippen LogP contribution is 2.53. The van der Waals surface area contributed by atoms with Gasteiger partial charge in [-0.2, -0.15) is 52.7 Å². The van der Waals surface area contributed by atoms with Gasteiger partial charge in [0.05, 0.1) is 11.3 Å². The van der Waals surface area contributed by atoms with E-state index in [0.717, 1.165) is 0 Å². The van der Waals surface area contributed by atoms with E-state index in [-0.39, 0.29) is 12.3 Å². The molecule has 4 nitrogen and oxygen atoms in total. The topological polar surface area (TPSA) is 68.0 Å². The molecular formula is C11H5F12N3O. The second kappa shape index (κ2) is 6.33. The fourth-order valence-electron chi connectivity index (χ4n) is 1.45. The fraction of sp³-hybridized carbons (Fsp3) is 0.455. The number of nitrogens with zero attached hydrogens (tertiary/aromatic N) is 1. The molecule has 0 fully saturated rings. The number of hydrogen-bond donors (Lipinski definition) is 2. The Morgan fingerprint density at radius 2 is 1.37 bits per heavy atom. The molecule has 0 aliphatic rings. The van der Waals surface area contributed by atoms with Crippen LogP contribution in [0.5, 0.6) is 0 Å². The Bertz CT molecular complexity index is 724. The minimum absolute atomic E-state index is 0.0171. The summed E-state index contributed by atoms with van der Waals surface area (Å²) in [6, 6.07) is 0.0171. The lowest BCUT2D eigenvalue weighted by Gasteiger charge is -2.32. The predicted octanol–water partition coefficient (Wildman–Crippen LogP) is 4.09. The summed E-state index contributed by atoms with van der Waals surface area (Å²) in [5.41, 5.74) is 2.17. The van der Waals surface area contributed by atoms with Crippen molar-refractivity contribution in [1.29, 1.82) is 0 Å². The quantitative estimate of drug-likeness (QED) is 0.718. The van der Waals surface area contributed by atoms with E-state index in [4.69, 9.17) is 5.73 Å². The number of anilines is 2. The van der Waals surface area contributed by atoms with Gasteiger partial charge in [0.15, 0.2) is 5.82 Å². The summed E-state index contributed by atoms with van der Waals surface area (Å²) in [7, 11) is 0. The zero-order valence-electron chi connectivity index (χ0n) is 12.1. The number of carbonyl (C=O) groups is 1. The maximum absolute atomic E-state index is 13.3. The van der Waals surface area contributed by atoms with Crippen LogP contribution in [0.25, 0.3) is 0 Å². The van der Waals surface area contributed by atoms with Crippen LogP contribution in [0, 0.1) is 0 Å². The van der Waals surface area contributed by atoms with Crippen LogP contribution in [0.4, 0.5) is 64.2 Å². The van der Waals surface area contributed by atoms with Crippen molar-refractivity contribution in [2.24, 2.45) is 0 Å². The monoisotopic (exact) mass is 423 g/mol. The molecule has 0 aliphatic heterocycles. The standard InChI is InChI=1S/C11H5F12N3O/c12-7(13,9(17,18)10(19,20)11(21,22)23)6(27)26-5-4(24)1-3(2-25-5)8(14,15)16/h1-2H,24H2,(H,25,26,27). The molecule has 16 heteroatoms. The Hall–Kier alpha value is -2.42. The Kier molecular flexibility index (Phi) is 5.30. The summed E-state index contributed by atoms with van der Waals surface area (Å²) in [6.45, 7) is 0. The molecule has 0 atom stereocenters. The Balaban J connectivity index is 3.22. The van der Waals surface area contributed by atoms with Crippen LogP contribution >= 0.6 is 0 Å². The van der Waals surface area contributed by atoms with E-state index in [1.54, 1.807) is 0 Å². The number of amides is 1. The average Bonchev–Trinajstić information content (AvgIpc) is 2.46. The van der Waals surface area contributed by atoms with Crippen molar-refractivity contribution in [1.82, 2.24) is 4.98 Å². The molecule has 1 aromatic heterocycles. The molecule has 1 aromatic rings. The normalized spacial score (nSPS) is 14.2. The molecule has 0 saturated heterocycles. The van der Waals surface area contributed by atoms with Gasteiger partial charge in [0.2, 0.25) is 0 Å². The van der Waals surface area contributed by atoms with Crippen LogP contribution in [0.2, 0.25) is 0 Å². The number of alkyl halides is 12. The van der Waals surface area contributed by atoms with Crippen molar-refractivity contribution in [3.05, 3.63) is 17.8 Å². The number of carbonyl (C=O) groups excluding carboxylic acids is 1. The third-order valence-electron chi connectivity index (χ3n) is 2.91. The molecule has 154 valence electrons. The zero-order chi connectivity index (χ0) is 21.6. The van der Waals surface area contributed by atoms with Gasteiger partial charge in [0, 0.05) is 6.20 Å². The van der Waals surface area contributed by atoms with E-state index in [9.17, 15) is 57.5 Å².